The van der Waals surface area contributed by atoms with E-state index in [-0.39, 0.29) is 24.8 Å². The van der Waals surface area contributed by atoms with E-state index in [1.54, 1.807) is 11.9 Å². The van der Waals surface area contributed by atoms with Crippen LogP contribution in [0.4, 0.5) is 4.79 Å². The summed E-state index contributed by atoms with van der Waals surface area (Å²) >= 11 is 0. The van der Waals surface area contributed by atoms with Gasteiger partial charge in [-0.25, -0.2) is 9.59 Å². The number of rotatable bonds is 7. The van der Waals surface area contributed by atoms with Gasteiger partial charge in [-0.2, -0.15) is 0 Å². The molecule has 2 fully saturated rings. The van der Waals surface area contributed by atoms with Crippen LogP contribution in [-0.4, -0.2) is 59.1 Å². The molecule has 2 aliphatic rings. The lowest BCUT2D eigenvalue weighted by Crippen LogP contribution is -2.37. The monoisotopic (exact) mass is 458 g/mol. The summed E-state index contributed by atoms with van der Waals surface area (Å²) in [5.74, 6) is 0.214. The Labute approximate surface area is 192 Å². The number of benzene rings is 1. The Morgan fingerprint density at radius 3 is 2.61 bits per heavy atom. The van der Waals surface area contributed by atoms with Crippen LogP contribution in [0.1, 0.15) is 49.8 Å². The summed E-state index contributed by atoms with van der Waals surface area (Å²) in [6, 6.07) is 7.55. The average Bonchev–Trinajstić information content (AvgIpc) is 3.48. The molecule has 1 saturated heterocycles. The first-order valence-electron chi connectivity index (χ1n) is 11.4. The molecule has 1 N–H and O–H groups in total. The number of carbonyl (C=O) groups excluding carboxylic acids is 1. The summed E-state index contributed by atoms with van der Waals surface area (Å²) in [5, 5.41) is 13.2. The van der Waals surface area contributed by atoms with Gasteiger partial charge in [0.05, 0.1) is 17.9 Å². The van der Waals surface area contributed by atoms with Gasteiger partial charge < -0.3 is 28.7 Å². The molecular formula is C24H30N2O7. The summed E-state index contributed by atoms with van der Waals surface area (Å²) < 4.78 is 22.3. The molecule has 9 nitrogen and oxygen atoms in total. The van der Waals surface area contributed by atoms with Gasteiger partial charge in [-0.05, 0) is 44.0 Å². The van der Waals surface area contributed by atoms with Crippen molar-refractivity contribution in [3.8, 4) is 17.1 Å². The van der Waals surface area contributed by atoms with Gasteiger partial charge in [0.15, 0.2) is 11.9 Å². The third-order valence-corrected chi connectivity index (χ3v) is 6.42. The molecule has 1 aliphatic heterocycles. The maximum absolute atomic E-state index is 12.5. The summed E-state index contributed by atoms with van der Waals surface area (Å²) in [7, 11) is 1.79. The molecule has 9 heteroatoms. The first kappa shape index (κ1) is 23.1. The van der Waals surface area contributed by atoms with Crippen molar-refractivity contribution in [2.24, 2.45) is 0 Å². The second kappa shape index (κ2) is 10.2. The SMILES string of the molecule is Cc1noc(-c2ccc(O[C@@H]3CCO[C@@H](C(=O)O)C3)cc2)c1COC(=O)N(C)C1CCCC1. The molecular weight excluding hydrogens is 428 g/mol. The molecule has 0 spiro atoms. The molecule has 1 aliphatic carbocycles. The van der Waals surface area contributed by atoms with Crippen LogP contribution in [0.25, 0.3) is 11.3 Å². The number of ether oxygens (including phenoxy) is 3. The zero-order valence-corrected chi connectivity index (χ0v) is 19.0. The number of carbonyl (C=O) groups is 2. The Bertz CT molecular complexity index is 966. The Morgan fingerprint density at radius 2 is 1.91 bits per heavy atom. The van der Waals surface area contributed by atoms with Gasteiger partial charge in [-0.15, -0.1) is 0 Å². The maximum atomic E-state index is 12.5. The second-order valence-electron chi connectivity index (χ2n) is 8.67. The molecule has 0 radical (unpaired) electrons. The smallest absolute Gasteiger partial charge is 0.410 e. The molecule has 0 bridgehead atoms. The van der Waals surface area contributed by atoms with Crippen LogP contribution >= 0.6 is 0 Å². The number of carboxylic acids is 1. The molecule has 178 valence electrons. The lowest BCUT2D eigenvalue weighted by molar-refractivity contribution is -0.156. The summed E-state index contributed by atoms with van der Waals surface area (Å²) in [6.45, 7) is 2.25. The van der Waals surface area contributed by atoms with Crippen LogP contribution < -0.4 is 4.74 Å². The van der Waals surface area contributed by atoms with Gasteiger partial charge in [0.2, 0.25) is 0 Å². The van der Waals surface area contributed by atoms with Crippen molar-refractivity contribution < 1.29 is 33.4 Å². The second-order valence-corrected chi connectivity index (χ2v) is 8.67. The average molecular weight is 459 g/mol. The highest BCUT2D eigenvalue weighted by Crippen LogP contribution is 2.30. The summed E-state index contributed by atoms with van der Waals surface area (Å²) in [5.41, 5.74) is 2.18. The van der Waals surface area contributed by atoms with E-state index in [1.807, 2.05) is 31.2 Å². The van der Waals surface area contributed by atoms with Crippen molar-refractivity contribution in [3.05, 3.63) is 35.5 Å². The number of hydrogen-bond acceptors (Lipinski definition) is 7. The Morgan fingerprint density at radius 1 is 1.18 bits per heavy atom. The van der Waals surface area contributed by atoms with E-state index < -0.39 is 12.1 Å². The third-order valence-electron chi connectivity index (χ3n) is 6.42. The van der Waals surface area contributed by atoms with Crippen LogP contribution in [0.5, 0.6) is 5.75 Å². The fraction of sp³-hybridized carbons (Fsp3) is 0.542. The minimum absolute atomic E-state index is 0.0808. The van der Waals surface area contributed by atoms with E-state index in [9.17, 15) is 9.59 Å². The van der Waals surface area contributed by atoms with Crippen LogP contribution in [0.3, 0.4) is 0 Å². The number of carboxylic acid groups (broad SMARTS) is 1. The largest absolute Gasteiger partial charge is 0.490 e. The quantitative estimate of drug-likeness (QED) is 0.658. The molecule has 2 aromatic rings. The van der Waals surface area contributed by atoms with Crippen LogP contribution in [-0.2, 0) is 20.9 Å². The molecule has 0 unspecified atom stereocenters. The topological polar surface area (TPSA) is 111 Å². The number of aromatic nitrogens is 1. The molecule has 4 rings (SSSR count). The number of nitrogens with zero attached hydrogens (tertiary/aromatic N) is 2. The molecule has 1 saturated carbocycles. The summed E-state index contributed by atoms with van der Waals surface area (Å²) in [6.07, 6.45) is 3.87. The highest BCUT2D eigenvalue weighted by atomic mass is 16.6. The number of aryl methyl sites for hydroxylation is 1. The molecule has 1 aromatic heterocycles. The van der Waals surface area contributed by atoms with Gasteiger partial charge in [-0.1, -0.05) is 18.0 Å². The van der Waals surface area contributed by atoms with Gasteiger partial charge in [0.25, 0.3) is 0 Å². The van der Waals surface area contributed by atoms with E-state index in [2.05, 4.69) is 5.16 Å². The van der Waals surface area contributed by atoms with Gasteiger partial charge >= 0.3 is 12.1 Å². The lowest BCUT2D eigenvalue weighted by Gasteiger charge is -2.27. The first-order valence-corrected chi connectivity index (χ1v) is 11.4. The van der Waals surface area contributed by atoms with E-state index in [0.717, 1.165) is 36.8 Å². The lowest BCUT2D eigenvalue weighted by atomic mass is 10.1. The zero-order valence-electron chi connectivity index (χ0n) is 19.0. The Hall–Kier alpha value is -3.07. The van der Waals surface area contributed by atoms with Crippen LogP contribution in [0, 0.1) is 6.92 Å². The van der Waals surface area contributed by atoms with Gasteiger partial charge in [0.1, 0.15) is 18.5 Å². The van der Waals surface area contributed by atoms with Crippen molar-refractivity contribution in [1.29, 1.82) is 0 Å². The standard InChI is InChI=1S/C24H30N2O7/c1-15-20(14-31-24(29)26(2)17-5-3-4-6-17)22(33-25-15)16-7-9-18(10-8-16)32-19-11-12-30-21(13-19)23(27)28/h7-10,17,19,21H,3-6,11-14H2,1-2H3,(H,27,28)/t19-,21-/m1/s1. The van der Waals surface area contributed by atoms with E-state index in [4.69, 9.17) is 23.8 Å². The summed E-state index contributed by atoms with van der Waals surface area (Å²) in [4.78, 5) is 25.3. The molecule has 1 amide bonds. The van der Waals surface area contributed by atoms with E-state index >= 15 is 0 Å². The van der Waals surface area contributed by atoms with Crippen LogP contribution in [0.15, 0.2) is 28.8 Å². The van der Waals surface area contributed by atoms with Crippen molar-refractivity contribution in [1.82, 2.24) is 10.1 Å². The fourth-order valence-corrected chi connectivity index (χ4v) is 4.38. The van der Waals surface area contributed by atoms with Crippen molar-refractivity contribution >= 4 is 12.1 Å². The molecule has 2 atom stereocenters. The molecule has 33 heavy (non-hydrogen) atoms. The molecule has 2 heterocycles. The first-order chi connectivity index (χ1) is 15.9. The highest BCUT2D eigenvalue weighted by Gasteiger charge is 2.29. The van der Waals surface area contributed by atoms with E-state index in [1.165, 1.54) is 0 Å². The Kier molecular flexibility index (Phi) is 7.17. The van der Waals surface area contributed by atoms with Gasteiger partial charge in [0, 0.05) is 31.5 Å². The highest BCUT2D eigenvalue weighted by molar-refractivity contribution is 5.72. The normalized spacial score (nSPS) is 21.0. The zero-order chi connectivity index (χ0) is 23.4. The predicted octanol–water partition coefficient (Wildman–Crippen LogP) is 4.17. The Balaban J connectivity index is 1.38. The van der Waals surface area contributed by atoms with E-state index in [0.29, 0.717) is 36.7 Å². The predicted molar refractivity (Wildman–Crippen MR) is 118 cm³/mol. The van der Waals surface area contributed by atoms with Gasteiger partial charge in [-0.3, -0.25) is 0 Å². The number of amides is 1. The van der Waals surface area contributed by atoms with Crippen LogP contribution in [0.2, 0.25) is 0 Å². The number of hydrogen-bond donors (Lipinski definition) is 1. The maximum Gasteiger partial charge on any atom is 0.410 e. The van der Waals surface area contributed by atoms with Crippen molar-refractivity contribution in [2.45, 2.75) is 70.3 Å². The fourth-order valence-electron chi connectivity index (χ4n) is 4.38. The molecule has 1 aromatic carbocycles. The minimum Gasteiger partial charge on any atom is -0.490 e. The number of aliphatic carboxylic acids is 1. The minimum atomic E-state index is -0.970. The van der Waals surface area contributed by atoms with Crippen molar-refractivity contribution in [3.63, 3.8) is 0 Å². The third kappa shape index (κ3) is 5.47. The van der Waals surface area contributed by atoms with Crippen molar-refractivity contribution in [2.75, 3.05) is 13.7 Å².